The van der Waals surface area contributed by atoms with Gasteiger partial charge in [-0.05, 0) is 25.8 Å². The number of aromatic amines is 1. The SMILES string of the molecule is C[C@@](O)(C(=O)N1CCC(c2ccn[nH]2)CC1)C(F)(F)F. The van der Waals surface area contributed by atoms with Gasteiger partial charge in [0.1, 0.15) is 0 Å². The molecule has 0 spiro atoms. The van der Waals surface area contributed by atoms with Crippen LogP contribution in [0, 0.1) is 0 Å². The van der Waals surface area contributed by atoms with Crippen LogP contribution >= 0.6 is 0 Å². The molecule has 0 aliphatic carbocycles. The van der Waals surface area contributed by atoms with Crippen LogP contribution in [0.1, 0.15) is 31.4 Å². The zero-order chi connectivity index (χ0) is 15.0. The Morgan fingerprint density at radius 3 is 2.50 bits per heavy atom. The Morgan fingerprint density at radius 2 is 2.05 bits per heavy atom. The highest BCUT2D eigenvalue weighted by Gasteiger charge is 2.57. The lowest BCUT2D eigenvalue weighted by molar-refractivity contribution is -0.250. The zero-order valence-electron chi connectivity index (χ0n) is 10.9. The summed E-state index contributed by atoms with van der Waals surface area (Å²) in [5.41, 5.74) is -2.41. The number of rotatable bonds is 2. The molecule has 112 valence electrons. The van der Waals surface area contributed by atoms with Crippen molar-refractivity contribution in [3.63, 3.8) is 0 Å². The molecule has 5 nitrogen and oxygen atoms in total. The van der Waals surface area contributed by atoms with Gasteiger partial charge in [-0.2, -0.15) is 18.3 Å². The van der Waals surface area contributed by atoms with E-state index in [2.05, 4.69) is 10.2 Å². The summed E-state index contributed by atoms with van der Waals surface area (Å²) in [4.78, 5) is 12.9. The van der Waals surface area contributed by atoms with Crippen LogP contribution in [-0.2, 0) is 4.79 Å². The Balaban J connectivity index is 1.99. The molecule has 20 heavy (non-hydrogen) atoms. The second-order valence-corrected chi connectivity index (χ2v) is 5.15. The first-order valence-corrected chi connectivity index (χ1v) is 6.31. The molecule has 8 heteroatoms. The highest BCUT2D eigenvalue weighted by molar-refractivity contribution is 5.85. The molecule has 0 radical (unpaired) electrons. The van der Waals surface area contributed by atoms with E-state index < -0.39 is 17.7 Å². The van der Waals surface area contributed by atoms with Crippen LogP contribution in [0.25, 0.3) is 0 Å². The van der Waals surface area contributed by atoms with Gasteiger partial charge in [0.25, 0.3) is 5.91 Å². The Kier molecular flexibility index (Phi) is 3.77. The smallest absolute Gasteiger partial charge is 0.373 e. The molecule has 1 aliphatic rings. The number of carbonyl (C=O) groups is 1. The quantitative estimate of drug-likeness (QED) is 0.866. The second-order valence-electron chi connectivity index (χ2n) is 5.15. The monoisotopic (exact) mass is 291 g/mol. The van der Waals surface area contributed by atoms with Crippen LogP contribution < -0.4 is 0 Å². The van der Waals surface area contributed by atoms with Crippen LogP contribution in [0.3, 0.4) is 0 Å². The molecular weight excluding hydrogens is 275 g/mol. The molecule has 1 aromatic rings. The number of nitrogens with one attached hydrogen (secondary N) is 1. The average Bonchev–Trinajstić information content (AvgIpc) is 2.90. The van der Waals surface area contributed by atoms with Crippen molar-refractivity contribution in [3.8, 4) is 0 Å². The normalized spacial score (nSPS) is 20.8. The van der Waals surface area contributed by atoms with Crippen molar-refractivity contribution in [1.82, 2.24) is 15.1 Å². The van der Waals surface area contributed by atoms with Crippen molar-refractivity contribution in [3.05, 3.63) is 18.0 Å². The number of hydrogen-bond acceptors (Lipinski definition) is 3. The Labute approximate surface area is 113 Å². The van der Waals surface area contributed by atoms with Gasteiger partial charge >= 0.3 is 6.18 Å². The molecule has 1 fully saturated rings. The maximum absolute atomic E-state index is 12.6. The molecule has 0 bridgehead atoms. The van der Waals surface area contributed by atoms with Gasteiger partial charge in [-0.1, -0.05) is 0 Å². The lowest BCUT2D eigenvalue weighted by Gasteiger charge is -2.36. The van der Waals surface area contributed by atoms with E-state index in [9.17, 15) is 23.1 Å². The minimum absolute atomic E-state index is 0.150. The first-order chi connectivity index (χ1) is 9.23. The largest absolute Gasteiger partial charge is 0.426 e. The lowest BCUT2D eigenvalue weighted by Crippen LogP contribution is -2.57. The number of piperidine rings is 1. The number of likely N-dealkylation sites (tertiary alicyclic amines) is 1. The number of nitrogens with zero attached hydrogens (tertiary/aromatic N) is 2. The third kappa shape index (κ3) is 2.65. The van der Waals surface area contributed by atoms with Crippen LogP contribution in [-0.4, -0.2) is 51.0 Å². The van der Waals surface area contributed by atoms with Gasteiger partial charge in [-0.25, -0.2) is 0 Å². The van der Waals surface area contributed by atoms with Crippen molar-refractivity contribution >= 4 is 5.91 Å². The fourth-order valence-electron chi connectivity index (χ4n) is 2.32. The van der Waals surface area contributed by atoms with Crippen LogP contribution in [0.2, 0.25) is 0 Å². The number of carbonyl (C=O) groups excluding carboxylic acids is 1. The number of aromatic nitrogens is 2. The highest BCUT2D eigenvalue weighted by Crippen LogP contribution is 2.34. The highest BCUT2D eigenvalue weighted by atomic mass is 19.4. The molecule has 2 rings (SSSR count). The Bertz CT molecular complexity index is 463. The summed E-state index contributed by atoms with van der Waals surface area (Å²) in [6.45, 7) is 0.875. The van der Waals surface area contributed by atoms with Gasteiger partial charge in [0.2, 0.25) is 5.60 Å². The van der Waals surface area contributed by atoms with Gasteiger partial charge in [-0.15, -0.1) is 0 Å². The van der Waals surface area contributed by atoms with E-state index in [1.807, 2.05) is 6.07 Å². The summed E-state index contributed by atoms with van der Waals surface area (Å²) in [5.74, 6) is -1.13. The van der Waals surface area contributed by atoms with Gasteiger partial charge in [-0.3, -0.25) is 9.89 Å². The fraction of sp³-hybridized carbons (Fsp3) is 0.667. The molecular formula is C12H16F3N3O2. The molecule has 1 saturated heterocycles. The van der Waals surface area contributed by atoms with Crippen molar-refractivity contribution in [2.75, 3.05) is 13.1 Å². The number of hydrogen-bond donors (Lipinski definition) is 2. The van der Waals surface area contributed by atoms with Gasteiger partial charge in [0.05, 0.1) is 0 Å². The van der Waals surface area contributed by atoms with Crippen LogP contribution in [0.4, 0.5) is 13.2 Å². The van der Waals surface area contributed by atoms with E-state index in [1.165, 1.54) is 0 Å². The molecule has 1 amide bonds. The van der Waals surface area contributed by atoms with Crippen LogP contribution in [0.15, 0.2) is 12.3 Å². The summed E-state index contributed by atoms with van der Waals surface area (Å²) in [6.07, 6.45) is -2.27. The van der Waals surface area contributed by atoms with Crippen molar-refractivity contribution in [1.29, 1.82) is 0 Å². The molecule has 0 aromatic carbocycles. The van der Waals surface area contributed by atoms with Gasteiger partial charge in [0.15, 0.2) is 0 Å². The van der Waals surface area contributed by atoms with E-state index in [0.29, 0.717) is 19.8 Å². The number of alkyl halides is 3. The van der Waals surface area contributed by atoms with E-state index in [0.717, 1.165) is 10.6 Å². The predicted octanol–water partition coefficient (Wildman–Crippen LogP) is 1.43. The number of aliphatic hydroxyl groups is 1. The van der Waals surface area contributed by atoms with E-state index in [1.54, 1.807) is 6.20 Å². The minimum Gasteiger partial charge on any atom is -0.373 e. The predicted molar refractivity (Wildman–Crippen MR) is 63.8 cm³/mol. The van der Waals surface area contributed by atoms with Crippen LogP contribution in [0.5, 0.6) is 0 Å². The fourth-order valence-corrected chi connectivity index (χ4v) is 2.32. The standard InChI is InChI=1S/C12H16F3N3O2/c1-11(20,12(13,14)15)10(19)18-6-3-8(4-7-18)9-2-5-16-17-9/h2,5,8,20H,3-4,6-7H2,1H3,(H,16,17)/t11-/m1/s1. The molecule has 1 atom stereocenters. The Morgan fingerprint density at radius 1 is 1.45 bits per heavy atom. The van der Waals surface area contributed by atoms with Crippen molar-refractivity contribution < 1.29 is 23.1 Å². The third-order valence-electron chi connectivity index (χ3n) is 3.71. The third-order valence-corrected chi connectivity index (χ3v) is 3.71. The average molecular weight is 291 g/mol. The number of halogens is 3. The molecule has 0 saturated carbocycles. The zero-order valence-corrected chi connectivity index (χ0v) is 10.9. The first kappa shape index (κ1) is 14.8. The Hall–Kier alpha value is -1.57. The van der Waals surface area contributed by atoms with Crippen molar-refractivity contribution in [2.45, 2.75) is 37.5 Å². The summed E-state index contributed by atoms with van der Waals surface area (Å²) in [5, 5.41) is 16.0. The van der Waals surface area contributed by atoms with E-state index in [-0.39, 0.29) is 19.0 Å². The molecule has 0 unspecified atom stereocenters. The van der Waals surface area contributed by atoms with E-state index >= 15 is 0 Å². The first-order valence-electron chi connectivity index (χ1n) is 6.31. The summed E-state index contributed by atoms with van der Waals surface area (Å²) >= 11 is 0. The summed E-state index contributed by atoms with van der Waals surface area (Å²) in [6, 6.07) is 1.81. The summed E-state index contributed by atoms with van der Waals surface area (Å²) in [7, 11) is 0. The van der Waals surface area contributed by atoms with Crippen molar-refractivity contribution in [2.24, 2.45) is 0 Å². The number of H-pyrrole nitrogens is 1. The topological polar surface area (TPSA) is 69.2 Å². The van der Waals surface area contributed by atoms with Gasteiger partial charge < -0.3 is 10.0 Å². The second kappa shape index (κ2) is 5.08. The molecule has 2 heterocycles. The van der Waals surface area contributed by atoms with Gasteiger partial charge in [0, 0.05) is 30.9 Å². The minimum atomic E-state index is -4.97. The van der Waals surface area contributed by atoms with E-state index in [4.69, 9.17) is 0 Å². The maximum atomic E-state index is 12.6. The molecule has 1 aromatic heterocycles. The maximum Gasteiger partial charge on any atom is 0.426 e. The summed E-state index contributed by atoms with van der Waals surface area (Å²) < 4.78 is 37.9. The molecule has 2 N–H and O–H groups in total. The molecule has 1 aliphatic heterocycles. The lowest BCUT2D eigenvalue weighted by atomic mass is 9.92. The number of amides is 1.